The van der Waals surface area contributed by atoms with Crippen LogP contribution in [0.3, 0.4) is 0 Å². The Morgan fingerprint density at radius 1 is 1.13 bits per heavy atom. The molecule has 1 saturated heterocycles. The third kappa shape index (κ3) is 4.17. The highest BCUT2D eigenvalue weighted by Crippen LogP contribution is 2.38. The van der Waals surface area contributed by atoms with Crippen LogP contribution >= 0.6 is 0 Å². The van der Waals surface area contributed by atoms with E-state index in [1.807, 2.05) is 44.7 Å². The highest BCUT2D eigenvalue weighted by molar-refractivity contribution is 5.93. The Bertz CT molecular complexity index is 915. The van der Waals surface area contributed by atoms with Gasteiger partial charge in [0.2, 0.25) is 0 Å². The molecule has 0 unspecified atom stereocenters. The summed E-state index contributed by atoms with van der Waals surface area (Å²) in [5.41, 5.74) is 2.30. The number of carbonyl (C=O) groups is 1. The quantitative estimate of drug-likeness (QED) is 0.834. The fraction of sp³-hybridized carbons (Fsp3) is 0.565. The maximum atomic E-state index is 12.9. The molecule has 3 heterocycles. The number of hydrogen-bond donors (Lipinski definition) is 1. The van der Waals surface area contributed by atoms with Crippen LogP contribution in [0, 0.1) is 25.7 Å². The van der Waals surface area contributed by atoms with Crippen molar-refractivity contribution in [1.29, 1.82) is 0 Å². The molecular formula is C23H30N4O3. The Morgan fingerprint density at radius 3 is 2.43 bits per heavy atom. The molecule has 1 N–H and O–H groups in total. The number of rotatable bonds is 4. The molecule has 4 atom stereocenters. The Kier molecular flexibility index (Phi) is 5.73. The zero-order valence-corrected chi connectivity index (χ0v) is 18.1. The summed E-state index contributed by atoms with van der Waals surface area (Å²) in [6, 6.07) is 3.84. The number of hydrogen-bond acceptors (Lipinski definition) is 6. The van der Waals surface area contributed by atoms with Crippen molar-refractivity contribution in [2.24, 2.45) is 11.8 Å². The normalized spacial score (nSPS) is 26.0. The van der Waals surface area contributed by atoms with Crippen LogP contribution in [0.4, 0.5) is 0 Å². The van der Waals surface area contributed by atoms with E-state index in [4.69, 9.17) is 4.74 Å². The maximum Gasteiger partial charge on any atom is 0.257 e. The van der Waals surface area contributed by atoms with Gasteiger partial charge in [-0.1, -0.05) is 13.8 Å². The van der Waals surface area contributed by atoms with Crippen LogP contribution in [0.15, 0.2) is 24.5 Å². The number of nitrogens with zero attached hydrogens (tertiary/aromatic N) is 4. The summed E-state index contributed by atoms with van der Waals surface area (Å²) in [6.07, 6.45) is 3.79. The molecule has 0 spiro atoms. The number of ether oxygens (including phenoxy) is 1. The van der Waals surface area contributed by atoms with Gasteiger partial charge >= 0.3 is 0 Å². The lowest BCUT2D eigenvalue weighted by Crippen LogP contribution is -2.42. The first-order chi connectivity index (χ1) is 14.3. The Morgan fingerprint density at radius 2 is 1.80 bits per heavy atom. The average Bonchev–Trinajstić information content (AvgIpc) is 3.12. The molecule has 2 fully saturated rings. The predicted octanol–water partition coefficient (Wildman–Crippen LogP) is 2.90. The molecule has 30 heavy (non-hydrogen) atoms. The molecule has 2 aromatic rings. The number of aliphatic hydroxyl groups excluding tert-OH is 1. The van der Waals surface area contributed by atoms with Crippen LogP contribution in [0.25, 0.3) is 0 Å². The van der Waals surface area contributed by atoms with Crippen molar-refractivity contribution in [2.75, 3.05) is 13.1 Å². The van der Waals surface area contributed by atoms with Gasteiger partial charge in [0.1, 0.15) is 17.7 Å². The van der Waals surface area contributed by atoms with Crippen LogP contribution in [-0.2, 0) is 0 Å². The smallest absolute Gasteiger partial charge is 0.257 e. The van der Waals surface area contributed by atoms with Gasteiger partial charge in [-0.05, 0) is 50.7 Å². The maximum absolute atomic E-state index is 12.9. The number of likely N-dealkylation sites (tertiary alicyclic amines) is 1. The highest BCUT2D eigenvalue weighted by Gasteiger charge is 2.44. The summed E-state index contributed by atoms with van der Waals surface area (Å²) in [5.74, 6) is 2.26. The summed E-state index contributed by atoms with van der Waals surface area (Å²) in [6.45, 7) is 9.25. The molecular weight excluding hydrogens is 380 g/mol. The minimum atomic E-state index is -0.546. The number of aromatic nitrogens is 3. The molecule has 1 aliphatic heterocycles. The van der Waals surface area contributed by atoms with Crippen LogP contribution < -0.4 is 4.74 Å². The highest BCUT2D eigenvalue weighted by atomic mass is 16.5. The second-order valence-corrected chi connectivity index (χ2v) is 8.95. The third-order valence-electron chi connectivity index (χ3n) is 6.26. The number of aliphatic hydroxyl groups is 1. The molecule has 0 bridgehead atoms. The lowest BCUT2D eigenvalue weighted by Gasteiger charge is -2.35. The average molecular weight is 411 g/mol. The topological polar surface area (TPSA) is 88.4 Å². The summed E-state index contributed by atoms with van der Waals surface area (Å²) in [7, 11) is 0. The van der Waals surface area contributed by atoms with Crippen molar-refractivity contribution >= 4 is 5.91 Å². The van der Waals surface area contributed by atoms with E-state index in [2.05, 4.69) is 15.0 Å². The van der Waals surface area contributed by atoms with E-state index in [1.54, 1.807) is 12.4 Å². The van der Waals surface area contributed by atoms with Gasteiger partial charge in [-0.25, -0.2) is 9.97 Å². The van der Waals surface area contributed by atoms with Crippen molar-refractivity contribution in [3.05, 3.63) is 47.3 Å². The molecule has 0 aromatic carbocycles. The van der Waals surface area contributed by atoms with Crippen molar-refractivity contribution in [3.8, 4) is 5.75 Å². The minimum Gasteiger partial charge on any atom is -0.486 e. The Hall–Kier alpha value is -2.54. The molecule has 0 radical (unpaired) electrons. The van der Waals surface area contributed by atoms with Crippen LogP contribution in [0.2, 0.25) is 0 Å². The van der Waals surface area contributed by atoms with E-state index in [0.717, 1.165) is 29.4 Å². The predicted molar refractivity (Wildman–Crippen MR) is 112 cm³/mol. The minimum absolute atomic E-state index is 0.0368. The van der Waals surface area contributed by atoms with Gasteiger partial charge in [0.05, 0.1) is 17.4 Å². The number of amides is 1. The summed E-state index contributed by atoms with van der Waals surface area (Å²) >= 11 is 0. The molecule has 1 aliphatic carbocycles. The summed E-state index contributed by atoms with van der Waals surface area (Å²) < 4.78 is 6.14. The van der Waals surface area contributed by atoms with E-state index in [1.165, 1.54) is 0 Å². The summed E-state index contributed by atoms with van der Waals surface area (Å²) in [5, 5.41) is 10.7. The third-order valence-corrected chi connectivity index (χ3v) is 6.26. The molecule has 1 amide bonds. The molecule has 7 nitrogen and oxygen atoms in total. The van der Waals surface area contributed by atoms with Gasteiger partial charge in [-0.3, -0.25) is 9.78 Å². The van der Waals surface area contributed by atoms with Crippen molar-refractivity contribution in [2.45, 2.75) is 58.7 Å². The number of fused-ring (bicyclic) bond motifs is 1. The van der Waals surface area contributed by atoms with Crippen LogP contribution in [-0.4, -0.2) is 56.2 Å². The van der Waals surface area contributed by atoms with E-state index in [-0.39, 0.29) is 23.8 Å². The van der Waals surface area contributed by atoms with Gasteiger partial charge in [0.15, 0.2) is 0 Å². The molecule has 1 saturated carbocycles. The van der Waals surface area contributed by atoms with Crippen LogP contribution in [0.1, 0.15) is 60.2 Å². The largest absolute Gasteiger partial charge is 0.486 e. The number of carbonyl (C=O) groups excluding carboxylic acids is 1. The fourth-order valence-electron chi connectivity index (χ4n) is 4.57. The van der Waals surface area contributed by atoms with Gasteiger partial charge in [0.25, 0.3) is 5.91 Å². The van der Waals surface area contributed by atoms with Crippen molar-refractivity contribution < 1.29 is 14.6 Å². The molecule has 7 heteroatoms. The Labute approximate surface area is 177 Å². The SMILES string of the molecule is Cc1ccc(O[C@@H]2C[C@@H]3CN(C(=O)c4cnc(C(C)C)nc4)C[C@@H]3C[C@H]2O)c(C)n1. The first kappa shape index (κ1) is 20.7. The van der Waals surface area contributed by atoms with Crippen molar-refractivity contribution in [1.82, 2.24) is 19.9 Å². The van der Waals surface area contributed by atoms with Gasteiger partial charge in [-0.15, -0.1) is 0 Å². The second kappa shape index (κ2) is 8.30. The van der Waals surface area contributed by atoms with E-state index < -0.39 is 6.10 Å². The van der Waals surface area contributed by atoms with Crippen LogP contribution in [0.5, 0.6) is 5.75 Å². The van der Waals surface area contributed by atoms with E-state index in [0.29, 0.717) is 31.0 Å². The molecule has 4 rings (SSSR count). The molecule has 2 aliphatic rings. The first-order valence-electron chi connectivity index (χ1n) is 10.7. The number of pyridine rings is 1. The second-order valence-electron chi connectivity index (χ2n) is 8.95. The monoisotopic (exact) mass is 410 g/mol. The lowest BCUT2D eigenvalue weighted by atomic mass is 9.78. The molecule has 2 aromatic heterocycles. The molecule has 160 valence electrons. The van der Waals surface area contributed by atoms with Gasteiger partial charge < -0.3 is 14.7 Å². The zero-order valence-electron chi connectivity index (χ0n) is 18.1. The number of aryl methyl sites for hydroxylation is 2. The van der Waals surface area contributed by atoms with Gasteiger partial charge in [0, 0.05) is 37.1 Å². The van der Waals surface area contributed by atoms with E-state index in [9.17, 15) is 9.90 Å². The first-order valence-corrected chi connectivity index (χ1v) is 10.7. The lowest BCUT2D eigenvalue weighted by molar-refractivity contribution is -0.0236. The zero-order chi connectivity index (χ0) is 21.4. The van der Waals surface area contributed by atoms with Crippen molar-refractivity contribution in [3.63, 3.8) is 0 Å². The Balaban J connectivity index is 1.41. The van der Waals surface area contributed by atoms with Gasteiger partial charge in [-0.2, -0.15) is 0 Å². The summed E-state index contributed by atoms with van der Waals surface area (Å²) in [4.78, 5) is 27.9. The van der Waals surface area contributed by atoms with E-state index >= 15 is 0 Å². The standard InChI is InChI=1S/C23H30N4O3/c1-13(2)22-24-9-18(10-25-22)23(29)27-11-16-7-19(28)21(8-17(16)12-27)30-20-6-5-14(3)26-15(20)4/h5-6,9-10,13,16-17,19,21,28H,7-8,11-12H2,1-4H3/t16-,17+,19+,21+/m0/s1. The fourth-order valence-corrected chi connectivity index (χ4v) is 4.57.